The third-order valence-corrected chi connectivity index (χ3v) is 2.15. The van der Waals surface area contributed by atoms with Crippen LogP contribution in [0, 0.1) is 0 Å². The minimum Gasteiger partial charge on any atom is -0.476 e. The van der Waals surface area contributed by atoms with Gasteiger partial charge >= 0.3 is 5.97 Å². The van der Waals surface area contributed by atoms with Crippen molar-refractivity contribution in [3.63, 3.8) is 0 Å². The summed E-state index contributed by atoms with van der Waals surface area (Å²) in [5.74, 6) is -1.60. The molecule has 8 nitrogen and oxygen atoms in total. The van der Waals surface area contributed by atoms with Gasteiger partial charge in [-0.05, 0) is 13.0 Å². The van der Waals surface area contributed by atoms with Gasteiger partial charge in [-0.25, -0.2) is 14.8 Å². The van der Waals surface area contributed by atoms with Crippen LogP contribution in [0.2, 0.25) is 0 Å². The minimum atomic E-state index is -1.35. The van der Waals surface area contributed by atoms with Crippen LogP contribution in [0.3, 0.4) is 0 Å². The molecule has 0 saturated heterocycles. The van der Waals surface area contributed by atoms with Gasteiger partial charge in [0.1, 0.15) is 6.10 Å². The zero-order valence-corrected chi connectivity index (χ0v) is 8.95. The molecule has 1 heterocycles. The van der Waals surface area contributed by atoms with Gasteiger partial charge in [0.15, 0.2) is 11.5 Å². The summed E-state index contributed by atoms with van der Waals surface area (Å²) in [6, 6.07) is 0. The molecule has 0 fully saturated rings. The average molecular weight is 242 g/mol. The first-order chi connectivity index (χ1) is 7.97. The van der Waals surface area contributed by atoms with Crippen LogP contribution in [0.25, 0.3) is 0 Å². The van der Waals surface area contributed by atoms with E-state index < -0.39 is 23.9 Å². The molecule has 0 aromatic carbocycles. The Bertz CT molecular complexity index is 412. The Morgan fingerprint density at radius 3 is 2.65 bits per heavy atom. The number of carbonyl (C=O) groups is 1. The van der Waals surface area contributed by atoms with Gasteiger partial charge in [-0.15, -0.1) is 0 Å². The highest BCUT2D eigenvalue weighted by Gasteiger charge is 2.22. The second kappa shape index (κ2) is 5.53. The molecule has 1 rings (SSSR count). The van der Waals surface area contributed by atoms with Crippen molar-refractivity contribution in [1.82, 2.24) is 9.97 Å². The van der Waals surface area contributed by atoms with Gasteiger partial charge in [0.05, 0.1) is 18.0 Å². The summed E-state index contributed by atoms with van der Waals surface area (Å²) in [6.07, 6.45) is -1.19. The Morgan fingerprint density at radius 2 is 2.12 bits per heavy atom. The maximum Gasteiger partial charge on any atom is 0.358 e. The van der Waals surface area contributed by atoms with Crippen molar-refractivity contribution in [2.45, 2.75) is 18.6 Å². The molecule has 7 N–H and O–H groups in total. The fraction of sp³-hybridized carbons (Fsp3) is 0.444. The molecular weight excluding hydrogens is 228 g/mol. The summed E-state index contributed by atoms with van der Waals surface area (Å²) in [7, 11) is 0. The Kier molecular flexibility index (Phi) is 4.32. The summed E-state index contributed by atoms with van der Waals surface area (Å²) < 4.78 is 0. The number of hydrogen-bond acceptors (Lipinski definition) is 7. The Hall–Kier alpha value is -1.77. The zero-order valence-electron chi connectivity index (χ0n) is 8.95. The lowest BCUT2D eigenvalue weighted by Gasteiger charge is -2.16. The van der Waals surface area contributed by atoms with E-state index in [0.29, 0.717) is 0 Å². The van der Waals surface area contributed by atoms with Crippen LogP contribution in [-0.4, -0.2) is 43.9 Å². The number of carboxylic acid groups (broad SMARTS) is 1. The number of nitrogen functional groups attached to an aromatic ring is 1. The Balaban J connectivity index is 2.99. The molecule has 0 saturated carbocycles. The first-order valence-electron chi connectivity index (χ1n) is 4.89. The molecule has 2 unspecified atom stereocenters. The SMILES string of the molecule is NCCC(O)C(O)c1cnc(N)c(C(=O)O)n1. The van der Waals surface area contributed by atoms with E-state index in [-0.39, 0.29) is 24.5 Å². The van der Waals surface area contributed by atoms with Crippen LogP contribution < -0.4 is 11.5 Å². The van der Waals surface area contributed by atoms with Crippen molar-refractivity contribution >= 4 is 11.8 Å². The van der Waals surface area contributed by atoms with Crippen LogP contribution in [-0.2, 0) is 0 Å². The molecule has 0 aliphatic heterocycles. The van der Waals surface area contributed by atoms with Gasteiger partial charge in [0.2, 0.25) is 0 Å². The van der Waals surface area contributed by atoms with Crippen molar-refractivity contribution in [2.75, 3.05) is 12.3 Å². The number of hydrogen-bond donors (Lipinski definition) is 5. The fourth-order valence-electron chi connectivity index (χ4n) is 1.24. The van der Waals surface area contributed by atoms with E-state index in [0.717, 1.165) is 6.20 Å². The number of aromatic carboxylic acids is 1. The quantitative estimate of drug-likeness (QED) is 0.417. The van der Waals surface area contributed by atoms with E-state index in [1.54, 1.807) is 0 Å². The van der Waals surface area contributed by atoms with Crippen LogP contribution in [0.5, 0.6) is 0 Å². The predicted molar refractivity (Wildman–Crippen MR) is 58.0 cm³/mol. The van der Waals surface area contributed by atoms with Crippen molar-refractivity contribution in [3.8, 4) is 0 Å². The minimum absolute atomic E-state index is 0.0578. The number of aliphatic hydroxyl groups excluding tert-OH is 2. The molecular formula is C9H14N4O4. The van der Waals surface area contributed by atoms with Crippen molar-refractivity contribution in [1.29, 1.82) is 0 Å². The first-order valence-corrected chi connectivity index (χ1v) is 4.89. The molecule has 0 bridgehead atoms. The van der Waals surface area contributed by atoms with Crippen LogP contribution in [0.4, 0.5) is 5.82 Å². The molecule has 0 spiro atoms. The number of aliphatic hydroxyl groups is 2. The van der Waals surface area contributed by atoms with Crippen molar-refractivity contribution in [3.05, 3.63) is 17.6 Å². The van der Waals surface area contributed by atoms with Crippen LogP contribution in [0.15, 0.2) is 6.20 Å². The lowest BCUT2D eigenvalue weighted by atomic mass is 10.1. The summed E-state index contributed by atoms with van der Waals surface area (Å²) in [5.41, 5.74) is 10.0. The second-order valence-corrected chi connectivity index (χ2v) is 3.42. The molecule has 94 valence electrons. The summed E-state index contributed by atoms with van der Waals surface area (Å²) >= 11 is 0. The van der Waals surface area contributed by atoms with Gasteiger partial charge in [0, 0.05) is 0 Å². The first kappa shape index (κ1) is 13.3. The highest BCUT2D eigenvalue weighted by molar-refractivity contribution is 5.90. The summed E-state index contributed by atoms with van der Waals surface area (Å²) in [4.78, 5) is 18.0. The number of carboxylic acids is 1. The normalized spacial score (nSPS) is 14.3. The van der Waals surface area contributed by atoms with E-state index in [9.17, 15) is 15.0 Å². The van der Waals surface area contributed by atoms with Gasteiger partial charge in [0.25, 0.3) is 0 Å². The Morgan fingerprint density at radius 1 is 1.47 bits per heavy atom. The van der Waals surface area contributed by atoms with Gasteiger partial charge in [-0.3, -0.25) is 0 Å². The summed E-state index contributed by atoms with van der Waals surface area (Å²) in [5, 5.41) is 27.9. The molecule has 0 radical (unpaired) electrons. The second-order valence-electron chi connectivity index (χ2n) is 3.42. The van der Waals surface area contributed by atoms with Crippen LogP contribution >= 0.6 is 0 Å². The lowest BCUT2D eigenvalue weighted by molar-refractivity contribution is 0.0121. The van der Waals surface area contributed by atoms with Gasteiger partial charge in [-0.2, -0.15) is 0 Å². The number of nitrogens with zero attached hydrogens (tertiary/aromatic N) is 2. The topological polar surface area (TPSA) is 156 Å². The van der Waals surface area contributed by atoms with E-state index in [1.807, 2.05) is 0 Å². The smallest absolute Gasteiger partial charge is 0.358 e. The maximum absolute atomic E-state index is 10.7. The number of rotatable bonds is 5. The lowest BCUT2D eigenvalue weighted by Crippen LogP contribution is -2.23. The van der Waals surface area contributed by atoms with Crippen molar-refractivity contribution < 1.29 is 20.1 Å². The van der Waals surface area contributed by atoms with Gasteiger partial charge in [-0.1, -0.05) is 0 Å². The van der Waals surface area contributed by atoms with E-state index in [2.05, 4.69) is 9.97 Å². The number of aromatic nitrogens is 2. The van der Waals surface area contributed by atoms with E-state index >= 15 is 0 Å². The van der Waals surface area contributed by atoms with E-state index in [4.69, 9.17) is 16.6 Å². The highest BCUT2D eigenvalue weighted by Crippen LogP contribution is 2.17. The highest BCUT2D eigenvalue weighted by atomic mass is 16.4. The fourth-order valence-corrected chi connectivity index (χ4v) is 1.24. The molecule has 0 amide bonds. The molecule has 2 atom stereocenters. The molecule has 1 aromatic heterocycles. The molecule has 8 heteroatoms. The number of nitrogens with two attached hydrogens (primary N) is 2. The summed E-state index contributed by atoms with van der Waals surface area (Å²) in [6.45, 7) is 0.187. The van der Waals surface area contributed by atoms with E-state index in [1.165, 1.54) is 0 Å². The number of anilines is 1. The standard InChI is InChI=1S/C9H14N4O4/c10-2-1-5(14)7(15)4-3-12-8(11)6(13-4)9(16)17/h3,5,7,14-15H,1-2,10H2,(H2,11,12)(H,16,17). The molecule has 17 heavy (non-hydrogen) atoms. The third kappa shape index (κ3) is 3.09. The zero-order chi connectivity index (χ0) is 13.0. The third-order valence-electron chi connectivity index (χ3n) is 2.15. The molecule has 0 aliphatic rings. The maximum atomic E-state index is 10.7. The average Bonchev–Trinajstić information content (AvgIpc) is 2.28. The largest absolute Gasteiger partial charge is 0.476 e. The van der Waals surface area contributed by atoms with Gasteiger partial charge < -0.3 is 26.8 Å². The predicted octanol–water partition coefficient (Wildman–Crippen LogP) is -1.50. The molecule has 0 aliphatic carbocycles. The Labute approximate surface area is 96.9 Å². The molecule has 1 aromatic rings. The van der Waals surface area contributed by atoms with Crippen LogP contribution in [0.1, 0.15) is 28.7 Å². The van der Waals surface area contributed by atoms with Crippen molar-refractivity contribution in [2.24, 2.45) is 5.73 Å². The monoisotopic (exact) mass is 242 g/mol.